The Kier molecular flexibility index (Phi) is 3.36. The summed E-state index contributed by atoms with van der Waals surface area (Å²) in [6, 6.07) is 18.5. The Morgan fingerprint density at radius 1 is 0.900 bits per heavy atom. The van der Waals surface area contributed by atoms with Crippen LogP contribution in [0.25, 0.3) is 10.8 Å². The average molecular weight is 327 g/mol. The van der Waals surface area contributed by atoms with Crippen LogP contribution < -0.4 is 11.1 Å². The summed E-state index contributed by atoms with van der Waals surface area (Å²) in [5.41, 5.74) is 9.89. The summed E-state index contributed by atoms with van der Waals surface area (Å²) in [4.78, 5) is 0. The highest BCUT2D eigenvalue weighted by Crippen LogP contribution is 2.27. The minimum Gasteiger partial charge on any atom is -0.399 e. The van der Waals surface area contributed by atoms with Crippen molar-refractivity contribution in [2.75, 3.05) is 11.1 Å². The molecule has 0 saturated heterocycles. The van der Waals surface area contributed by atoms with Gasteiger partial charge < -0.3 is 11.1 Å². The molecule has 3 aromatic rings. The first-order chi connectivity index (χ1) is 9.61. The van der Waals surface area contributed by atoms with Crippen molar-refractivity contribution in [3.8, 4) is 0 Å². The van der Waals surface area contributed by atoms with Crippen LogP contribution in [0.2, 0.25) is 0 Å². The minimum absolute atomic E-state index is 0.766. The van der Waals surface area contributed by atoms with Crippen molar-refractivity contribution >= 4 is 43.8 Å². The lowest BCUT2D eigenvalue weighted by atomic mass is 10.1. The molecular formula is C17H15BrN2. The van der Waals surface area contributed by atoms with Gasteiger partial charge in [-0.25, -0.2) is 0 Å². The maximum atomic E-state index is 5.84. The smallest absolute Gasteiger partial charge is 0.0434 e. The van der Waals surface area contributed by atoms with Crippen molar-refractivity contribution in [2.45, 2.75) is 6.92 Å². The Labute approximate surface area is 126 Å². The fraction of sp³-hybridized carbons (Fsp3) is 0.0588. The van der Waals surface area contributed by atoms with Gasteiger partial charge in [0.2, 0.25) is 0 Å². The molecule has 0 amide bonds. The van der Waals surface area contributed by atoms with Crippen LogP contribution in [0, 0.1) is 6.92 Å². The van der Waals surface area contributed by atoms with Crippen molar-refractivity contribution in [2.24, 2.45) is 0 Å². The number of hydrogen-bond acceptors (Lipinski definition) is 2. The van der Waals surface area contributed by atoms with Crippen LogP contribution >= 0.6 is 15.9 Å². The first-order valence-electron chi connectivity index (χ1n) is 6.44. The lowest BCUT2D eigenvalue weighted by molar-refractivity contribution is 1.44. The molecule has 0 aliphatic rings. The number of aryl methyl sites for hydroxylation is 1. The lowest BCUT2D eigenvalue weighted by Gasteiger charge is -2.11. The Morgan fingerprint density at radius 3 is 2.50 bits per heavy atom. The van der Waals surface area contributed by atoms with Gasteiger partial charge in [0.25, 0.3) is 0 Å². The first kappa shape index (κ1) is 13.0. The van der Waals surface area contributed by atoms with E-state index < -0.39 is 0 Å². The van der Waals surface area contributed by atoms with Crippen molar-refractivity contribution in [1.82, 2.24) is 0 Å². The highest BCUT2D eigenvalue weighted by molar-refractivity contribution is 9.10. The fourth-order valence-corrected chi connectivity index (χ4v) is 2.60. The van der Waals surface area contributed by atoms with Gasteiger partial charge in [-0.2, -0.15) is 0 Å². The van der Waals surface area contributed by atoms with Gasteiger partial charge in [0.1, 0.15) is 0 Å². The molecule has 0 aliphatic heterocycles. The zero-order chi connectivity index (χ0) is 14.1. The first-order valence-corrected chi connectivity index (χ1v) is 7.23. The SMILES string of the molecule is Cc1ccc(N)cc1Nc1ccc2cc(Br)ccc2c1. The number of anilines is 3. The Balaban J connectivity index is 1.98. The predicted octanol–water partition coefficient (Wildman–Crippen LogP) is 5.24. The number of fused-ring (bicyclic) bond motifs is 1. The minimum atomic E-state index is 0.766. The van der Waals surface area contributed by atoms with Crippen LogP contribution in [0.15, 0.2) is 59.1 Å². The number of nitrogen functional groups attached to an aromatic ring is 1. The molecule has 20 heavy (non-hydrogen) atoms. The van der Waals surface area contributed by atoms with Crippen molar-refractivity contribution in [3.63, 3.8) is 0 Å². The molecule has 0 fully saturated rings. The average Bonchev–Trinajstić information content (AvgIpc) is 2.43. The van der Waals surface area contributed by atoms with Gasteiger partial charge in [0.05, 0.1) is 0 Å². The molecule has 0 aliphatic carbocycles. The van der Waals surface area contributed by atoms with Crippen LogP contribution in [-0.2, 0) is 0 Å². The van der Waals surface area contributed by atoms with Crippen molar-refractivity contribution in [3.05, 3.63) is 64.6 Å². The molecule has 2 nitrogen and oxygen atoms in total. The normalized spacial score (nSPS) is 10.7. The van der Waals surface area contributed by atoms with E-state index in [1.165, 1.54) is 16.3 Å². The number of halogens is 1. The van der Waals surface area contributed by atoms with E-state index in [9.17, 15) is 0 Å². The Bertz CT molecular complexity index is 781. The third-order valence-electron chi connectivity index (χ3n) is 3.34. The van der Waals surface area contributed by atoms with Crippen LogP contribution in [0.4, 0.5) is 17.1 Å². The van der Waals surface area contributed by atoms with Crippen LogP contribution in [0.3, 0.4) is 0 Å². The van der Waals surface area contributed by atoms with E-state index in [0.717, 1.165) is 21.5 Å². The van der Waals surface area contributed by atoms with Crippen LogP contribution in [-0.4, -0.2) is 0 Å². The third kappa shape index (κ3) is 2.63. The molecule has 3 rings (SSSR count). The summed E-state index contributed by atoms with van der Waals surface area (Å²) >= 11 is 3.49. The van der Waals surface area contributed by atoms with Gasteiger partial charge in [-0.05, 0) is 59.7 Å². The summed E-state index contributed by atoms with van der Waals surface area (Å²) in [5, 5.41) is 5.85. The number of rotatable bonds is 2. The molecule has 0 bridgehead atoms. The van der Waals surface area contributed by atoms with Crippen LogP contribution in [0.5, 0.6) is 0 Å². The van der Waals surface area contributed by atoms with Gasteiger partial charge in [-0.3, -0.25) is 0 Å². The second-order valence-electron chi connectivity index (χ2n) is 4.91. The predicted molar refractivity (Wildman–Crippen MR) is 90.5 cm³/mol. The maximum Gasteiger partial charge on any atom is 0.0434 e. The van der Waals surface area contributed by atoms with E-state index in [1.54, 1.807) is 0 Å². The molecule has 0 aromatic heterocycles. The highest BCUT2D eigenvalue weighted by atomic mass is 79.9. The zero-order valence-electron chi connectivity index (χ0n) is 11.2. The molecule has 3 heteroatoms. The summed E-state index contributed by atoms with van der Waals surface area (Å²) in [6.07, 6.45) is 0. The monoisotopic (exact) mass is 326 g/mol. The zero-order valence-corrected chi connectivity index (χ0v) is 12.7. The summed E-state index contributed by atoms with van der Waals surface area (Å²) in [6.45, 7) is 2.07. The molecule has 3 aromatic carbocycles. The maximum absolute atomic E-state index is 5.84. The van der Waals surface area contributed by atoms with E-state index in [-0.39, 0.29) is 0 Å². The van der Waals surface area contributed by atoms with E-state index in [1.807, 2.05) is 18.2 Å². The van der Waals surface area contributed by atoms with Gasteiger partial charge in [-0.1, -0.05) is 34.1 Å². The molecule has 0 radical (unpaired) electrons. The molecule has 0 spiro atoms. The molecule has 0 atom stereocenters. The molecular weight excluding hydrogens is 312 g/mol. The third-order valence-corrected chi connectivity index (χ3v) is 3.84. The van der Waals surface area contributed by atoms with Gasteiger partial charge in [0.15, 0.2) is 0 Å². The number of nitrogens with one attached hydrogen (secondary N) is 1. The standard InChI is InChI=1S/C17H15BrN2/c1-11-2-6-15(19)10-17(11)20-16-7-4-12-8-14(18)5-3-13(12)9-16/h2-10,20H,19H2,1H3. The number of benzene rings is 3. The van der Waals surface area contributed by atoms with Gasteiger partial charge in [-0.15, -0.1) is 0 Å². The highest BCUT2D eigenvalue weighted by Gasteiger charge is 2.01. The quantitative estimate of drug-likeness (QED) is 0.632. The topological polar surface area (TPSA) is 38.0 Å². The lowest BCUT2D eigenvalue weighted by Crippen LogP contribution is -1.95. The Hall–Kier alpha value is -2.00. The van der Waals surface area contributed by atoms with Crippen LogP contribution in [0.1, 0.15) is 5.56 Å². The second kappa shape index (κ2) is 5.17. The van der Waals surface area contributed by atoms with Gasteiger partial charge >= 0.3 is 0 Å². The van der Waals surface area contributed by atoms with Crippen molar-refractivity contribution in [1.29, 1.82) is 0 Å². The molecule has 100 valence electrons. The molecule has 3 N–H and O–H groups in total. The fourth-order valence-electron chi connectivity index (χ4n) is 2.22. The largest absolute Gasteiger partial charge is 0.399 e. The van der Waals surface area contributed by atoms with Crippen molar-refractivity contribution < 1.29 is 0 Å². The van der Waals surface area contributed by atoms with E-state index in [4.69, 9.17) is 5.73 Å². The number of hydrogen-bond donors (Lipinski definition) is 2. The molecule has 0 saturated carbocycles. The van der Waals surface area contributed by atoms with Gasteiger partial charge in [0, 0.05) is 21.5 Å². The molecule has 0 heterocycles. The number of nitrogens with two attached hydrogens (primary N) is 1. The summed E-state index contributed by atoms with van der Waals surface area (Å²) in [7, 11) is 0. The second-order valence-corrected chi connectivity index (χ2v) is 5.82. The summed E-state index contributed by atoms with van der Waals surface area (Å²) in [5.74, 6) is 0. The van der Waals surface area contributed by atoms with E-state index >= 15 is 0 Å². The van der Waals surface area contributed by atoms with E-state index in [2.05, 4.69) is 64.6 Å². The van der Waals surface area contributed by atoms with E-state index in [0.29, 0.717) is 0 Å². The Morgan fingerprint density at radius 2 is 1.65 bits per heavy atom. The summed E-state index contributed by atoms with van der Waals surface area (Å²) < 4.78 is 1.09. The molecule has 0 unspecified atom stereocenters.